The van der Waals surface area contributed by atoms with Crippen molar-refractivity contribution in [1.82, 2.24) is 0 Å². The Hall–Kier alpha value is -8.46. The third kappa shape index (κ3) is 5.62. The normalized spacial score (nSPS) is 15.4. The summed E-state index contributed by atoms with van der Waals surface area (Å²) < 4.78 is 6.95. The maximum absolute atomic E-state index is 6.95. The van der Waals surface area contributed by atoms with Crippen LogP contribution in [0.15, 0.2) is 247 Å². The van der Waals surface area contributed by atoms with Crippen LogP contribution < -0.4 is 4.90 Å². The topological polar surface area (TPSA) is 16.4 Å². The van der Waals surface area contributed by atoms with E-state index in [1.165, 1.54) is 83.6 Å². The lowest BCUT2D eigenvalue weighted by atomic mass is 9.70. The van der Waals surface area contributed by atoms with Gasteiger partial charge in [0.2, 0.25) is 0 Å². The van der Waals surface area contributed by atoms with Gasteiger partial charge in [0.05, 0.1) is 5.41 Å². The molecule has 4 aliphatic rings. The van der Waals surface area contributed by atoms with Gasteiger partial charge in [-0.3, -0.25) is 0 Å². The summed E-state index contributed by atoms with van der Waals surface area (Å²) in [5, 5.41) is 3.35. The van der Waals surface area contributed by atoms with Gasteiger partial charge in [0, 0.05) is 44.4 Å². The maximum Gasteiger partial charge on any atom is 0.142 e. The molecular weight excluding hydrogens is 847 g/mol. The zero-order chi connectivity index (χ0) is 46.7. The lowest BCUT2D eigenvalue weighted by Gasteiger charge is -2.34. The monoisotopic (exact) mass is 895 g/mol. The van der Waals surface area contributed by atoms with E-state index in [1.54, 1.807) is 0 Å². The molecule has 0 atom stereocenters. The molecule has 14 rings (SSSR count). The number of nitrogens with zero attached hydrogens (tertiary/aromatic N) is 1. The van der Waals surface area contributed by atoms with Crippen molar-refractivity contribution in [2.45, 2.75) is 37.5 Å². The van der Waals surface area contributed by atoms with Crippen LogP contribution in [0.25, 0.3) is 71.8 Å². The van der Waals surface area contributed by atoms with Crippen LogP contribution in [-0.4, -0.2) is 0 Å². The minimum atomic E-state index is -0.475. The Morgan fingerprint density at radius 2 is 1.10 bits per heavy atom. The highest BCUT2D eigenvalue weighted by Gasteiger charge is 2.51. The van der Waals surface area contributed by atoms with Gasteiger partial charge in [0.15, 0.2) is 0 Å². The molecule has 0 N–H and O–H groups in total. The fourth-order valence-electron chi connectivity index (χ4n) is 13.0. The Labute approximate surface area is 409 Å². The molecule has 0 saturated carbocycles. The van der Waals surface area contributed by atoms with Crippen molar-refractivity contribution in [3.63, 3.8) is 0 Å². The van der Waals surface area contributed by atoms with Crippen molar-refractivity contribution >= 4 is 38.7 Å². The van der Waals surface area contributed by atoms with E-state index in [2.05, 4.69) is 244 Å². The summed E-state index contributed by atoms with van der Waals surface area (Å²) in [6, 6.07) is 74.6. The fraction of sp³-hybridized carbons (Fsp3) is 0.0882. The van der Waals surface area contributed by atoms with Gasteiger partial charge in [-0.1, -0.05) is 215 Å². The molecule has 2 heteroatoms. The largest absolute Gasteiger partial charge is 0.455 e. The number of fused-ring (bicyclic) bond motifs is 16. The summed E-state index contributed by atoms with van der Waals surface area (Å²) >= 11 is 0. The molecule has 0 saturated heterocycles. The number of benzene rings is 9. The molecule has 1 heterocycles. The van der Waals surface area contributed by atoms with E-state index in [1.807, 2.05) is 6.08 Å². The Morgan fingerprint density at radius 3 is 1.80 bits per heavy atom. The molecule has 0 radical (unpaired) electrons. The van der Waals surface area contributed by atoms with Crippen molar-refractivity contribution in [3.05, 3.63) is 281 Å². The van der Waals surface area contributed by atoms with Crippen molar-refractivity contribution in [2.75, 3.05) is 4.90 Å². The van der Waals surface area contributed by atoms with Crippen LogP contribution in [0.2, 0.25) is 0 Å². The van der Waals surface area contributed by atoms with Crippen LogP contribution in [0.3, 0.4) is 0 Å². The van der Waals surface area contributed by atoms with Gasteiger partial charge in [-0.2, -0.15) is 0 Å². The molecule has 0 amide bonds. The Bertz CT molecular complexity index is 3880. The number of allylic oxidation sites excluding steroid dienone is 7. The second-order valence-corrected chi connectivity index (χ2v) is 19.8. The quantitative estimate of drug-likeness (QED) is 0.148. The fourth-order valence-corrected chi connectivity index (χ4v) is 13.0. The van der Waals surface area contributed by atoms with Crippen molar-refractivity contribution < 1.29 is 4.42 Å². The molecular formula is C68H49NO. The summed E-state index contributed by atoms with van der Waals surface area (Å²) in [7, 11) is 0. The van der Waals surface area contributed by atoms with Gasteiger partial charge in [-0.05, 0) is 126 Å². The smallest absolute Gasteiger partial charge is 0.142 e. The first-order valence-electron chi connectivity index (χ1n) is 24.7. The van der Waals surface area contributed by atoms with E-state index < -0.39 is 5.41 Å². The minimum Gasteiger partial charge on any atom is -0.455 e. The zero-order valence-corrected chi connectivity index (χ0v) is 39.3. The molecule has 0 bridgehead atoms. The maximum atomic E-state index is 6.95. The van der Waals surface area contributed by atoms with Crippen LogP contribution in [0, 0.1) is 0 Å². The predicted molar refractivity (Wildman–Crippen MR) is 292 cm³/mol. The number of rotatable bonds is 7. The average molecular weight is 896 g/mol. The second kappa shape index (κ2) is 15.3. The van der Waals surface area contributed by atoms with E-state index in [-0.39, 0.29) is 5.41 Å². The number of hydrogen-bond donors (Lipinski definition) is 0. The Kier molecular flexibility index (Phi) is 8.86. The van der Waals surface area contributed by atoms with E-state index in [4.69, 9.17) is 4.42 Å². The third-order valence-electron chi connectivity index (χ3n) is 15.9. The molecule has 70 heavy (non-hydrogen) atoms. The Balaban J connectivity index is 0.994. The molecule has 1 spiro atoms. The molecule has 332 valence electrons. The van der Waals surface area contributed by atoms with Crippen molar-refractivity contribution in [2.24, 2.45) is 0 Å². The number of hydrogen-bond acceptors (Lipinski definition) is 2. The summed E-state index contributed by atoms with van der Waals surface area (Å²) in [5.74, 6) is 0.824. The molecule has 0 aliphatic heterocycles. The molecule has 4 aliphatic carbocycles. The highest BCUT2D eigenvalue weighted by atomic mass is 16.3. The standard InChI is InChI=1S/C68H49NO/c1-4-18-56(64-41-45-34-33-43-19-5-6-20-49(43)66(45)70-64)55-25-11-16-32-63(55)69(46-37-35-44(36-38-46)48-26-17-27-57-53-24-7-12-28-58(53)67(2,3)65(48)57)47-39-40-54-52-23-10-15-31-61(52)68(62(54)42-47)59-29-13-8-21-50(59)51-22-9-14-30-60(51)68/h4-15,17-31,33-42H,1,16,32H2,2-3H3/b56-18-. The summed E-state index contributed by atoms with van der Waals surface area (Å²) in [5.41, 5.74) is 24.3. The van der Waals surface area contributed by atoms with E-state index >= 15 is 0 Å². The highest BCUT2D eigenvalue weighted by Crippen LogP contribution is 2.63. The predicted octanol–water partition coefficient (Wildman–Crippen LogP) is 17.9. The van der Waals surface area contributed by atoms with Crippen molar-refractivity contribution in [3.8, 4) is 44.5 Å². The van der Waals surface area contributed by atoms with Crippen LogP contribution in [0.1, 0.15) is 65.8 Å². The first-order chi connectivity index (χ1) is 34.4. The summed E-state index contributed by atoms with van der Waals surface area (Å²) in [6.07, 6.45) is 10.4. The number of anilines is 2. The van der Waals surface area contributed by atoms with Gasteiger partial charge in [-0.15, -0.1) is 0 Å². The molecule has 0 unspecified atom stereocenters. The first kappa shape index (κ1) is 40.6. The van der Waals surface area contributed by atoms with Crippen LogP contribution in [0.5, 0.6) is 0 Å². The highest BCUT2D eigenvalue weighted by molar-refractivity contribution is 6.06. The lowest BCUT2D eigenvalue weighted by molar-refractivity contribution is 0.603. The first-order valence-corrected chi connectivity index (χ1v) is 24.7. The average Bonchev–Trinajstić information content (AvgIpc) is 4.13. The van der Waals surface area contributed by atoms with Crippen LogP contribution in [0.4, 0.5) is 11.4 Å². The van der Waals surface area contributed by atoms with Gasteiger partial charge >= 0.3 is 0 Å². The third-order valence-corrected chi connectivity index (χ3v) is 15.9. The van der Waals surface area contributed by atoms with E-state index in [0.717, 1.165) is 62.9 Å². The van der Waals surface area contributed by atoms with Crippen molar-refractivity contribution in [1.29, 1.82) is 0 Å². The van der Waals surface area contributed by atoms with Crippen LogP contribution in [-0.2, 0) is 10.8 Å². The molecule has 10 aromatic rings. The van der Waals surface area contributed by atoms with E-state index in [0.29, 0.717) is 0 Å². The molecule has 2 nitrogen and oxygen atoms in total. The molecule has 9 aromatic carbocycles. The zero-order valence-electron chi connectivity index (χ0n) is 39.3. The second-order valence-electron chi connectivity index (χ2n) is 19.8. The summed E-state index contributed by atoms with van der Waals surface area (Å²) in [6.45, 7) is 9.01. The summed E-state index contributed by atoms with van der Waals surface area (Å²) in [4.78, 5) is 2.54. The van der Waals surface area contributed by atoms with E-state index in [9.17, 15) is 0 Å². The molecule has 1 aromatic heterocycles. The number of furan rings is 1. The van der Waals surface area contributed by atoms with Gasteiger partial charge in [-0.25, -0.2) is 0 Å². The molecule has 0 fully saturated rings. The lowest BCUT2D eigenvalue weighted by Crippen LogP contribution is -2.26. The van der Waals surface area contributed by atoms with Crippen LogP contribution >= 0.6 is 0 Å². The SMILES string of the molecule is C=C/C=C(/C1=C(N(c2ccc(-c3cccc4c3C(C)(C)c3ccccc3-4)cc2)c2ccc3c(c2)C2(c4ccccc4-c4ccccc42)c2ccccc2-3)CCC=C1)c1cc2ccc3ccccc3c2o1. The van der Waals surface area contributed by atoms with Gasteiger partial charge in [0.1, 0.15) is 11.3 Å². The van der Waals surface area contributed by atoms with Gasteiger partial charge in [0.25, 0.3) is 0 Å². The Morgan fingerprint density at radius 1 is 0.529 bits per heavy atom. The minimum absolute atomic E-state index is 0.131. The van der Waals surface area contributed by atoms with Gasteiger partial charge < -0.3 is 9.32 Å².